The highest BCUT2D eigenvalue weighted by molar-refractivity contribution is 6.73. The quantitative estimate of drug-likeness (QED) is 0.176. The Morgan fingerprint density at radius 3 is 2.41 bits per heavy atom. The number of hydrogen-bond acceptors (Lipinski definition) is 3. The molecule has 0 aromatic rings. The molecule has 0 heterocycles. The molecule has 0 fully saturated rings. The van der Waals surface area contributed by atoms with Crippen LogP contribution in [0.1, 0.15) is 87.0 Å². The number of hydrogen-bond donors (Lipinski definition) is 0. The van der Waals surface area contributed by atoms with E-state index in [-0.39, 0.29) is 18.2 Å². The number of carbonyl (C=O) groups is 1. The van der Waals surface area contributed by atoms with Gasteiger partial charge in [-0.05, 0) is 69.5 Å². The first-order chi connectivity index (χ1) is 13.7. The van der Waals surface area contributed by atoms with E-state index in [9.17, 15) is 4.79 Å². The summed E-state index contributed by atoms with van der Waals surface area (Å²) in [4.78, 5) is 12.4. The molecule has 4 atom stereocenters. The minimum absolute atomic E-state index is 0.0425. The highest BCUT2D eigenvalue weighted by atomic mass is 28.4. The molecule has 1 aliphatic carbocycles. The maximum Gasteiger partial charge on any atom is 0.306 e. The average molecular weight is 423 g/mol. The van der Waals surface area contributed by atoms with E-state index in [0.29, 0.717) is 18.3 Å². The molecule has 4 heteroatoms. The summed E-state index contributed by atoms with van der Waals surface area (Å²) in [6.07, 6.45) is 7.60. The minimum atomic E-state index is -1.67. The maximum atomic E-state index is 12.4. The molecule has 0 aromatic carbocycles. The van der Waals surface area contributed by atoms with Crippen LogP contribution >= 0.6 is 0 Å². The largest absolute Gasteiger partial charge is 0.462 e. The Hall–Kier alpha value is -0.873. The van der Waals surface area contributed by atoms with E-state index in [1.165, 1.54) is 11.1 Å². The molecule has 0 saturated carbocycles. The second-order valence-corrected chi connectivity index (χ2v) is 14.1. The SMILES string of the molecule is C=C(C)CC(C)[C@H](CCCC(=O)O[C@@H]1CC=C(C)C[C@@H]1C)O[Si](CC)(CC)CC. The van der Waals surface area contributed by atoms with Crippen LogP contribution in [0.15, 0.2) is 23.8 Å². The molecule has 168 valence electrons. The van der Waals surface area contributed by atoms with Crippen LogP contribution in [0.4, 0.5) is 0 Å². The third-order valence-corrected chi connectivity index (χ3v) is 11.4. The van der Waals surface area contributed by atoms with Gasteiger partial charge in [-0.25, -0.2) is 0 Å². The fraction of sp³-hybridized carbons (Fsp3) is 0.800. The highest BCUT2D eigenvalue weighted by Gasteiger charge is 2.34. The van der Waals surface area contributed by atoms with Crippen LogP contribution in [0.3, 0.4) is 0 Å². The lowest BCUT2D eigenvalue weighted by Gasteiger charge is -2.36. The zero-order valence-corrected chi connectivity index (χ0v) is 21.2. The topological polar surface area (TPSA) is 35.5 Å². The molecule has 1 aliphatic rings. The number of ether oxygens (including phenoxy) is 1. The van der Waals surface area contributed by atoms with Crippen molar-refractivity contribution in [2.75, 3.05) is 0 Å². The molecule has 29 heavy (non-hydrogen) atoms. The average Bonchev–Trinajstić information content (AvgIpc) is 2.66. The van der Waals surface area contributed by atoms with Crippen LogP contribution in [-0.4, -0.2) is 26.5 Å². The van der Waals surface area contributed by atoms with E-state index in [0.717, 1.165) is 50.2 Å². The summed E-state index contributed by atoms with van der Waals surface area (Å²) in [5.41, 5.74) is 2.61. The molecule has 0 amide bonds. The standard InChI is InChI=1S/C25H46O3Si/c1-9-29(10-2,11-3)28-24(21(7)17-19(4)5)13-12-14-25(26)27-23-16-15-20(6)18-22(23)8/h15,21-24H,4,9-14,16-18H2,1-3,5-8H3/t21?,22-,23+,24-/m0/s1. The van der Waals surface area contributed by atoms with E-state index in [1.54, 1.807) is 0 Å². The van der Waals surface area contributed by atoms with Crippen molar-refractivity contribution < 1.29 is 14.0 Å². The summed E-state index contributed by atoms with van der Waals surface area (Å²) in [5, 5.41) is 0. The molecule has 0 bridgehead atoms. The van der Waals surface area contributed by atoms with Gasteiger partial charge in [0.2, 0.25) is 0 Å². The lowest BCUT2D eigenvalue weighted by atomic mass is 9.88. The van der Waals surface area contributed by atoms with Gasteiger partial charge in [-0.3, -0.25) is 4.79 Å². The van der Waals surface area contributed by atoms with Crippen LogP contribution in [0.5, 0.6) is 0 Å². The first-order valence-corrected chi connectivity index (χ1v) is 14.4. The van der Waals surface area contributed by atoms with Gasteiger partial charge in [0.05, 0.1) is 0 Å². The zero-order valence-electron chi connectivity index (χ0n) is 20.2. The molecule has 3 nitrogen and oxygen atoms in total. The third kappa shape index (κ3) is 8.80. The van der Waals surface area contributed by atoms with Gasteiger partial charge in [0.15, 0.2) is 8.32 Å². The summed E-state index contributed by atoms with van der Waals surface area (Å²) in [6, 6.07) is 3.47. The Morgan fingerprint density at radius 2 is 1.90 bits per heavy atom. The van der Waals surface area contributed by atoms with Crippen molar-refractivity contribution in [1.82, 2.24) is 0 Å². The van der Waals surface area contributed by atoms with Crippen LogP contribution in [0.2, 0.25) is 18.1 Å². The van der Waals surface area contributed by atoms with Crippen molar-refractivity contribution in [3.63, 3.8) is 0 Å². The molecule has 0 spiro atoms. The smallest absolute Gasteiger partial charge is 0.306 e. The second kappa shape index (κ2) is 12.7. The van der Waals surface area contributed by atoms with Crippen LogP contribution in [-0.2, 0) is 14.0 Å². The lowest BCUT2D eigenvalue weighted by molar-refractivity contribution is -0.151. The first kappa shape index (κ1) is 26.2. The van der Waals surface area contributed by atoms with Crippen molar-refractivity contribution in [3.8, 4) is 0 Å². The Balaban J connectivity index is 2.62. The minimum Gasteiger partial charge on any atom is -0.462 e. The van der Waals surface area contributed by atoms with Crippen molar-refractivity contribution in [3.05, 3.63) is 23.8 Å². The molecule has 1 rings (SSSR count). The fourth-order valence-electron chi connectivity index (χ4n) is 4.57. The molecule has 0 aromatic heterocycles. The van der Waals surface area contributed by atoms with Gasteiger partial charge in [-0.1, -0.05) is 51.8 Å². The Morgan fingerprint density at radius 1 is 1.28 bits per heavy atom. The van der Waals surface area contributed by atoms with Gasteiger partial charge in [0.1, 0.15) is 6.10 Å². The number of carbonyl (C=O) groups excluding carboxylic acids is 1. The number of allylic oxidation sites excluding steroid dienone is 2. The van der Waals surface area contributed by atoms with Gasteiger partial charge < -0.3 is 9.16 Å². The van der Waals surface area contributed by atoms with E-state index < -0.39 is 8.32 Å². The van der Waals surface area contributed by atoms with Crippen molar-refractivity contribution >= 4 is 14.3 Å². The Kier molecular flexibility index (Phi) is 11.5. The van der Waals surface area contributed by atoms with Crippen LogP contribution < -0.4 is 0 Å². The van der Waals surface area contributed by atoms with Crippen molar-refractivity contribution in [2.24, 2.45) is 11.8 Å². The molecule has 0 saturated heterocycles. The third-order valence-electron chi connectivity index (χ3n) is 6.77. The maximum absolute atomic E-state index is 12.4. The molecule has 0 N–H and O–H groups in total. The lowest BCUT2D eigenvalue weighted by Crippen LogP contribution is -2.42. The van der Waals surface area contributed by atoms with Gasteiger partial charge in [-0.15, -0.1) is 6.58 Å². The van der Waals surface area contributed by atoms with Gasteiger partial charge in [0, 0.05) is 18.9 Å². The normalized spacial score (nSPS) is 22.0. The summed E-state index contributed by atoms with van der Waals surface area (Å²) >= 11 is 0. The number of rotatable bonds is 13. The second-order valence-electron chi connectivity index (χ2n) is 9.43. The molecule has 0 aliphatic heterocycles. The van der Waals surface area contributed by atoms with E-state index >= 15 is 0 Å². The van der Waals surface area contributed by atoms with E-state index in [1.807, 2.05) is 0 Å². The van der Waals surface area contributed by atoms with Gasteiger partial charge in [-0.2, -0.15) is 0 Å². The van der Waals surface area contributed by atoms with Gasteiger partial charge >= 0.3 is 5.97 Å². The van der Waals surface area contributed by atoms with E-state index in [2.05, 4.69) is 61.1 Å². The Labute approximate surface area is 181 Å². The molecular formula is C25H46O3Si. The summed E-state index contributed by atoms with van der Waals surface area (Å²) in [6.45, 7) is 19.6. The van der Waals surface area contributed by atoms with E-state index in [4.69, 9.17) is 9.16 Å². The predicted octanol–water partition coefficient (Wildman–Crippen LogP) is 7.44. The Bertz CT molecular complexity index is 542. The highest BCUT2D eigenvalue weighted by Crippen LogP contribution is 2.30. The zero-order chi connectivity index (χ0) is 22.0. The fourth-order valence-corrected chi connectivity index (χ4v) is 7.57. The molecule has 0 radical (unpaired) electrons. The van der Waals surface area contributed by atoms with Gasteiger partial charge in [0.25, 0.3) is 0 Å². The predicted molar refractivity (Wildman–Crippen MR) is 127 cm³/mol. The van der Waals surface area contributed by atoms with Crippen molar-refractivity contribution in [1.29, 1.82) is 0 Å². The summed E-state index contributed by atoms with van der Waals surface area (Å²) < 4.78 is 12.6. The monoisotopic (exact) mass is 422 g/mol. The van der Waals surface area contributed by atoms with Crippen molar-refractivity contribution in [2.45, 2.75) is 117 Å². The first-order valence-electron chi connectivity index (χ1n) is 11.8. The molecule has 1 unspecified atom stereocenters. The number of esters is 1. The molecular weight excluding hydrogens is 376 g/mol. The summed E-state index contributed by atoms with van der Waals surface area (Å²) in [5.74, 6) is 0.804. The van der Waals surface area contributed by atoms with Crippen LogP contribution in [0.25, 0.3) is 0 Å². The summed E-state index contributed by atoms with van der Waals surface area (Å²) in [7, 11) is -1.67. The van der Waals surface area contributed by atoms with Crippen LogP contribution in [0, 0.1) is 11.8 Å².